The van der Waals surface area contributed by atoms with Crippen LogP contribution in [0.2, 0.25) is 0 Å². The van der Waals surface area contributed by atoms with E-state index in [2.05, 4.69) is 10.3 Å². The number of rotatable bonds is 5. The second-order valence-corrected chi connectivity index (χ2v) is 8.97. The predicted octanol–water partition coefficient (Wildman–Crippen LogP) is 3.52. The summed E-state index contributed by atoms with van der Waals surface area (Å²) >= 11 is 0. The van der Waals surface area contributed by atoms with Gasteiger partial charge in [0.05, 0.1) is 28.2 Å². The summed E-state index contributed by atoms with van der Waals surface area (Å²) in [4.78, 5) is 16.7. The van der Waals surface area contributed by atoms with E-state index >= 15 is 0 Å². The molecule has 0 radical (unpaired) electrons. The van der Waals surface area contributed by atoms with E-state index in [1.54, 1.807) is 35.9 Å². The van der Waals surface area contributed by atoms with Crippen LogP contribution in [0.3, 0.4) is 0 Å². The Morgan fingerprint density at radius 3 is 2.48 bits per heavy atom. The fourth-order valence-corrected chi connectivity index (χ4v) is 4.79. The minimum absolute atomic E-state index is 0.0118. The highest BCUT2D eigenvalue weighted by atomic mass is 32.2. The molecule has 0 unspecified atom stereocenters. The van der Waals surface area contributed by atoms with E-state index in [9.17, 15) is 17.6 Å². The summed E-state index contributed by atoms with van der Waals surface area (Å²) in [5.41, 5.74) is 8.28. The van der Waals surface area contributed by atoms with Crippen LogP contribution >= 0.6 is 0 Å². The Hall–Kier alpha value is -3.72. The van der Waals surface area contributed by atoms with E-state index in [0.717, 1.165) is 11.6 Å². The first-order chi connectivity index (χ1) is 14.7. The number of nitrogen functional groups attached to an aromatic ring is 1. The van der Waals surface area contributed by atoms with Crippen LogP contribution in [0.1, 0.15) is 15.9 Å². The molecule has 0 aliphatic rings. The third kappa shape index (κ3) is 4.13. The molecule has 1 heterocycles. The number of nitrogens with one attached hydrogen (secondary N) is 1. The first kappa shape index (κ1) is 20.5. The average Bonchev–Trinajstić information content (AvgIpc) is 3.08. The SMILES string of the molecule is Cn1c(S(=O)(=O)Cc2ccc(C(=O)Nc3ccc(F)cc3N)cc2)nc2ccccc21. The number of hydrogen-bond donors (Lipinski definition) is 2. The van der Waals surface area contributed by atoms with Crippen LogP contribution < -0.4 is 11.1 Å². The van der Waals surface area contributed by atoms with Gasteiger partial charge in [0, 0.05) is 12.6 Å². The molecule has 0 aliphatic heterocycles. The second kappa shape index (κ2) is 7.84. The molecule has 158 valence electrons. The minimum atomic E-state index is -3.70. The molecule has 1 aromatic heterocycles. The molecule has 3 N–H and O–H groups in total. The number of carbonyl (C=O) groups excluding carboxylic acids is 1. The van der Waals surface area contributed by atoms with Gasteiger partial charge in [-0.05, 0) is 48.0 Å². The van der Waals surface area contributed by atoms with Crippen molar-refractivity contribution in [3.63, 3.8) is 0 Å². The lowest BCUT2D eigenvalue weighted by molar-refractivity contribution is 0.102. The number of para-hydroxylation sites is 2. The van der Waals surface area contributed by atoms with Crippen LogP contribution in [0.4, 0.5) is 15.8 Å². The summed E-state index contributed by atoms with van der Waals surface area (Å²) in [7, 11) is -2.03. The fourth-order valence-electron chi connectivity index (χ4n) is 3.28. The number of aromatic nitrogens is 2. The van der Waals surface area contributed by atoms with Gasteiger partial charge in [-0.3, -0.25) is 4.79 Å². The zero-order valence-electron chi connectivity index (χ0n) is 16.5. The molecule has 0 aliphatic carbocycles. The van der Waals surface area contributed by atoms with Gasteiger partial charge in [0.2, 0.25) is 15.0 Å². The van der Waals surface area contributed by atoms with Crippen molar-refractivity contribution in [1.29, 1.82) is 0 Å². The topological polar surface area (TPSA) is 107 Å². The standard InChI is InChI=1S/C22H19FN4O3S/c1-27-20-5-3-2-4-19(20)26-22(27)31(29,30)13-14-6-8-15(9-7-14)21(28)25-18-11-10-16(23)12-17(18)24/h2-12H,13,24H2,1H3,(H,25,28). The second-order valence-electron chi connectivity index (χ2n) is 7.08. The zero-order valence-corrected chi connectivity index (χ0v) is 17.4. The number of carbonyl (C=O) groups is 1. The van der Waals surface area contributed by atoms with Crippen LogP contribution in [0.5, 0.6) is 0 Å². The number of sulfone groups is 1. The number of hydrogen-bond acceptors (Lipinski definition) is 5. The van der Waals surface area contributed by atoms with E-state index in [0.29, 0.717) is 22.3 Å². The number of benzene rings is 3. The van der Waals surface area contributed by atoms with Crippen molar-refractivity contribution in [1.82, 2.24) is 9.55 Å². The molecule has 3 aromatic carbocycles. The maximum absolute atomic E-state index is 13.1. The highest BCUT2D eigenvalue weighted by Crippen LogP contribution is 2.22. The largest absolute Gasteiger partial charge is 0.397 e. The highest BCUT2D eigenvalue weighted by Gasteiger charge is 2.23. The fraction of sp³-hybridized carbons (Fsp3) is 0.0909. The van der Waals surface area contributed by atoms with Gasteiger partial charge in [-0.1, -0.05) is 24.3 Å². The van der Waals surface area contributed by atoms with Crippen LogP contribution in [-0.4, -0.2) is 23.9 Å². The Bertz CT molecular complexity index is 1400. The smallest absolute Gasteiger partial charge is 0.255 e. The van der Waals surface area contributed by atoms with Crippen molar-refractivity contribution in [3.05, 3.63) is 83.7 Å². The minimum Gasteiger partial charge on any atom is -0.397 e. The van der Waals surface area contributed by atoms with E-state index in [1.165, 1.54) is 24.3 Å². The summed E-state index contributed by atoms with van der Waals surface area (Å²) in [6.45, 7) is 0. The molecule has 0 spiro atoms. The highest BCUT2D eigenvalue weighted by molar-refractivity contribution is 7.90. The summed E-state index contributed by atoms with van der Waals surface area (Å²) in [6, 6.07) is 17.1. The predicted molar refractivity (Wildman–Crippen MR) is 117 cm³/mol. The molecule has 0 atom stereocenters. The van der Waals surface area contributed by atoms with Gasteiger partial charge < -0.3 is 15.6 Å². The molecule has 9 heteroatoms. The molecule has 0 saturated heterocycles. The molecule has 0 saturated carbocycles. The summed E-state index contributed by atoms with van der Waals surface area (Å²) < 4.78 is 40.5. The molecule has 31 heavy (non-hydrogen) atoms. The normalized spacial score (nSPS) is 11.5. The van der Waals surface area contributed by atoms with Gasteiger partial charge in [-0.25, -0.2) is 17.8 Å². The molecule has 1 amide bonds. The van der Waals surface area contributed by atoms with Crippen molar-refractivity contribution in [3.8, 4) is 0 Å². The Balaban J connectivity index is 1.52. The Morgan fingerprint density at radius 2 is 1.81 bits per heavy atom. The van der Waals surface area contributed by atoms with E-state index in [1.807, 2.05) is 12.1 Å². The van der Waals surface area contributed by atoms with Crippen LogP contribution in [0.15, 0.2) is 71.9 Å². The number of anilines is 2. The number of fused-ring (bicyclic) bond motifs is 1. The summed E-state index contributed by atoms with van der Waals surface area (Å²) in [5.74, 6) is -1.19. The maximum Gasteiger partial charge on any atom is 0.255 e. The quantitative estimate of drug-likeness (QED) is 0.464. The maximum atomic E-state index is 13.1. The number of halogens is 1. The van der Waals surface area contributed by atoms with Gasteiger partial charge >= 0.3 is 0 Å². The molecule has 0 bridgehead atoms. The van der Waals surface area contributed by atoms with Gasteiger partial charge in [0.1, 0.15) is 5.82 Å². The molecule has 7 nitrogen and oxygen atoms in total. The van der Waals surface area contributed by atoms with E-state index in [-0.39, 0.29) is 16.6 Å². The van der Waals surface area contributed by atoms with Crippen molar-refractivity contribution in [2.75, 3.05) is 11.1 Å². The van der Waals surface area contributed by atoms with Crippen molar-refractivity contribution < 1.29 is 17.6 Å². The van der Waals surface area contributed by atoms with Crippen LogP contribution in [0.25, 0.3) is 11.0 Å². The lowest BCUT2D eigenvalue weighted by Crippen LogP contribution is -2.14. The van der Waals surface area contributed by atoms with Crippen molar-refractivity contribution in [2.45, 2.75) is 10.9 Å². The van der Waals surface area contributed by atoms with Gasteiger partial charge in [-0.15, -0.1) is 0 Å². The van der Waals surface area contributed by atoms with E-state index in [4.69, 9.17) is 5.73 Å². The third-order valence-corrected chi connectivity index (χ3v) is 6.49. The Morgan fingerprint density at radius 1 is 1.10 bits per heavy atom. The number of amides is 1. The van der Waals surface area contributed by atoms with Gasteiger partial charge in [0.15, 0.2) is 0 Å². The number of imidazole rings is 1. The van der Waals surface area contributed by atoms with Crippen molar-refractivity contribution in [2.24, 2.45) is 7.05 Å². The van der Waals surface area contributed by atoms with E-state index < -0.39 is 21.6 Å². The Kier molecular flexibility index (Phi) is 5.20. The molecule has 4 rings (SSSR count). The van der Waals surface area contributed by atoms with Gasteiger partial charge in [-0.2, -0.15) is 0 Å². The molecule has 4 aromatic rings. The van der Waals surface area contributed by atoms with Crippen LogP contribution in [-0.2, 0) is 22.6 Å². The van der Waals surface area contributed by atoms with Gasteiger partial charge in [0.25, 0.3) is 5.91 Å². The first-order valence-electron chi connectivity index (χ1n) is 9.34. The molecule has 0 fully saturated rings. The molecular formula is C22H19FN4O3S. The van der Waals surface area contributed by atoms with Crippen LogP contribution in [0, 0.1) is 5.82 Å². The van der Waals surface area contributed by atoms with Crippen molar-refractivity contribution >= 4 is 38.2 Å². The average molecular weight is 438 g/mol. The summed E-state index contributed by atoms with van der Waals surface area (Å²) in [6.07, 6.45) is 0. The zero-order chi connectivity index (χ0) is 22.2. The lowest BCUT2D eigenvalue weighted by atomic mass is 10.1. The summed E-state index contributed by atoms with van der Waals surface area (Å²) in [5, 5.41) is 2.60. The number of nitrogens with zero attached hydrogens (tertiary/aromatic N) is 2. The lowest BCUT2D eigenvalue weighted by Gasteiger charge is -2.09. The molecular weight excluding hydrogens is 419 g/mol. The Labute approximate surface area is 178 Å². The third-order valence-electron chi connectivity index (χ3n) is 4.86. The first-order valence-corrected chi connectivity index (χ1v) is 11.0. The monoisotopic (exact) mass is 438 g/mol. The number of nitrogens with two attached hydrogens (primary N) is 1. The number of aryl methyl sites for hydroxylation is 1.